The number of amides is 6. The second-order valence-corrected chi connectivity index (χ2v) is 26.9. The lowest BCUT2D eigenvalue weighted by Gasteiger charge is -2.40. The van der Waals surface area contributed by atoms with Gasteiger partial charge in [0.15, 0.2) is 18.4 Å². The van der Waals surface area contributed by atoms with E-state index in [0.717, 1.165) is 0 Å². The fourth-order valence-electron chi connectivity index (χ4n) is 10.5. The Morgan fingerprint density at radius 3 is 0.826 bits per heavy atom. The molecule has 0 saturated carbocycles. The highest BCUT2D eigenvalue weighted by Crippen LogP contribution is 2.25. The monoisotopic (exact) mass is 1760 g/mol. The molecule has 710 valence electrons. The number of ketones is 1. The number of Topliss-reactive ketones (excluding diaryl/α,β-unsaturated/α-hetero) is 1. The van der Waals surface area contributed by atoms with Crippen LogP contribution in [0.1, 0.15) is 53.4 Å². The molecule has 2 aliphatic rings. The third kappa shape index (κ3) is 57.5. The van der Waals surface area contributed by atoms with Gasteiger partial charge in [0.05, 0.1) is 290 Å². The van der Waals surface area contributed by atoms with Gasteiger partial charge >= 0.3 is 0 Å². The molecule has 46 heteroatoms. The van der Waals surface area contributed by atoms with Gasteiger partial charge in [0.1, 0.15) is 73.1 Å². The molecule has 0 aromatic carbocycles. The van der Waals surface area contributed by atoms with E-state index in [0.29, 0.717) is 244 Å². The van der Waals surface area contributed by atoms with Crippen LogP contribution in [-0.2, 0) is 147 Å². The lowest BCUT2D eigenvalue weighted by Crippen LogP contribution is -2.61. The Kier molecular flexibility index (Phi) is 69.9. The Labute approximate surface area is 706 Å². The molecular formula is C75H141N7O39. The molecule has 0 aliphatic carbocycles. The minimum Gasteiger partial charge on any atom is -0.394 e. The van der Waals surface area contributed by atoms with Crippen molar-refractivity contribution in [2.45, 2.75) is 151 Å². The van der Waals surface area contributed by atoms with Crippen molar-refractivity contribution in [3.8, 4) is 0 Å². The van der Waals surface area contributed by atoms with Crippen LogP contribution in [0.5, 0.6) is 0 Å². The van der Waals surface area contributed by atoms with Crippen molar-refractivity contribution in [3.05, 3.63) is 0 Å². The molecule has 0 spiro atoms. The van der Waals surface area contributed by atoms with Gasteiger partial charge in [-0.1, -0.05) is 0 Å². The normalized spacial score (nSPS) is 20.8. The van der Waals surface area contributed by atoms with Gasteiger partial charge in [0.25, 0.3) is 0 Å². The smallest absolute Gasteiger partial charge is 0.249 e. The summed E-state index contributed by atoms with van der Waals surface area (Å²) in [6.07, 6.45) is -18.5. The average molecular weight is 1760 g/mol. The van der Waals surface area contributed by atoms with Crippen molar-refractivity contribution >= 4 is 41.2 Å². The maximum Gasteiger partial charge on any atom is 0.249 e. The molecule has 6 amide bonds. The van der Waals surface area contributed by atoms with Crippen LogP contribution in [0.2, 0.25) is 0 Å². The molecule has 2 rings (SSSR count). The lowest BCUT2D eigenvalue weighted by atomic mass is 9.99. The van der Waals surface area contributed by atoms with E-state index in [9.17, 15) is 74.4 Å². The number of hydrogen-bond donors (Lipinski definition) is 15. The number of aliphatic hydroxyl groups is 8. The fraction of sp³-hybridized carbons (Fsp3) is 0.907. The largest absolute Gasteiger partial charge is 0.394 e. The number of carbonyl (C=O) groups excluding carboxylic acids is 7. The summed E-state index contributed by atoms with van der Waals surface area (Å²) in [7, 11) is 0. The Morgan fingerprint density at radius 1 is 0.314 bits per heavy atom. The van der Waals surface area contributed by atoms with E-state index in [1.54, 1.807) is 0 Å². The topological polar surface area (TPSA) is 615 Å². The Bertz CT molecular complexity index is 2580. The Balaban J connectivity index is 1.19. The standard InChI is InChI=1S/C75H141N7O39/c1-53(80-72(94)55(3)118-67-63(87)60(51-83)120-74(96)65(67)89)59(85)7-5-57(69(76)91)78-9-11-98-13-15-100-17-19-102-21-23-104-25-27-106-29-31-108-33-35-110-37-39-112-41-43-114-45-47-116-49-50-117-48-46-115-44-42-113-40-38-111-36-34-109-32-30-107-28-26-105-24-22-103-20-18-101-16-14-99-12-10-79-62(86)8-6-58(70(77)92)82-71(93)54(2)81-73(95)56(4)119-68-64(88)61(52-84)121-75(97)66(68)90/h53-58,60-61,63-68,74-75,78,83-84,87-90,96-97H,5-52H2,1-4H3,(H2,76,91)(H2,77,92)(H,79,86)(H,80,94)(H,81,95)(H,82,93)/t53-,54-,55?,56?,57+,58+,60+,61+,63+,64+,65+,66+,67-,68-,74?,75?/m0/s1. The van der Waals surface area contributed by atoms with Gasteiger partial charge in [-0.2, -0.15) is 0 Å². The molecule has 0 radical (unpaired) electrons. The third-order valence-electron chi connectivity index (χ3n) is 17.4. The predicted octanol–water partition coefficient (Wildman–Crippen LogP) is -8.60. The van der Waals surface area contributed by atoms with Gasteiger partial charge in [0, 0.05) is 25.9 Å². The maximum absolute atomic E-state index is 12.8. The van der Waals surface area contributed by atoms with Crippen LogP contribution in [-0.4, -0.2) is 470 Å². The van der Waals surface area contributed by atoms with Crippen molar-refractivity contribution in [2.75, 3.05) is 291 Å². The number of rotatable bonds is 85. The molecule has 0 bridgehead atoms. The summed E-state index contributed by atoms with van der Waals surface area (Å²) in [5, 5.41) is 92.3. The van der Waals surface area contributed by atoms with Crippen LogP contribution in [0, 0.1) is 0 Å². The second kappa shape index (κ2) is 75.3. The lowest BCUT2D eigenvalue weighted by molar-refractivity contribution is -0.298. The predicted molar refractivity (Wildman–Crippen MR) is 419 cm³/mol. The van der Waals surface area contributed by atoms with Crippen molar-refractivity contribution in [1.82, 2.24) is 26.6 Å². The minimum absolute atomic E-state index is 0.0679. The summed E-state index contributed by atoms with van der Waals surface area (Å²) in [5.74, 6) is -4.73. The number of primary amides is 2. The SMILES string of the molecule is CC(O[C@H]1[C@H](O)[C@@H](CO)OC(O)[C@@H]1O)C(=O)N[C@@H](C)C(=O)CC[C@@H](NCCOCCOCCOCCOCCOCCOCCOCCOCCOCCOCCOCCOCCOCCOCCOCCOCCOCCOCCOCCOCCNC(=O)CC[C@@H](NC(=O)[C@H](C)NC(=O)C(C)O[C@H]1[C@H](O)[C@@H](CO)OC(O)[C@@H]1O)C(N)=O)C(N)=O. The number of nitrogens with one attached hydrogen (secondary N) is 5. The quantitative estimate of drug-likeness (QED) is 0.0252. The molecule has 4 unspecified atom stereocenters. The van der Waals surface area contributed by atoms with Gasteiger partial charge in [-0.25, -0.2) is 0 Å². The maximum atomic E-state index is 12.8. The average Bonchev–Trinajstić information content (AvgIpc) is 0.815. The number of hydrogen-bond acceptors (Lipinski definition) is 40. The van der Waals surface area contributed by atoms with Gasteiger partial charge in [-0.05, 0) is 40.5 Å². The van der Waals surface area contributed by atoms with Crippen LogP contribution >= 0.6 is 0 Å². The van der Waals surface area contributed by atoms with Crippen LogP contribution in [0.25, 0.3) is 0 Å². The molecule has 46 nitrogen and oxygen atoms in total. The van der Waals surface area contributed by atoms with Crippen LogP contribution in [0.3, 0.4) is 0 Å². The van der Waals surface area contributed by atoms with E-state index in [4.69, 9.17) is 125 Å². The van der Waals surface area contributed by atoms with Crippen molar-refractivity contribution in [3.63, 3.8) is 0 Å². The number of ether oxygens (including phenoxy) is 24. The minimum atomic E-state index is -1.79. The highest BCUT2D eigenvalue weighted by Gasteiger charge is 2.47. The zero-order valence-corrected chi connectivity index (χ0v) is 70.6. The number of nitrogens with two attached hydrogens (primary N) is 2. The summed E-state index contributed by atoms with van der Waals surface area (Å²) < 4.78 is 131. The molecule has 2 aliphatic heterocycles. The van der Waals surface area contributed by atoms with Crippen molar-refractivity contribution < 1.29 is 188 Å². The highest BCUT2D eigenvalue weighted by molar-refractivity contribution is 5.93. The highest BCUT2D eigenvalue weighted by atomic mass is 16.7. The molecule has 2 fully saturated rings. The van der Waals surface area contributed by atoms with Crippen LogP contribution < -0.4 is 38.1 Å². The molecular weight excluding hydrogens is 1620 g/mol. The van der Waals surface area contributed by atoms with Gasteiger partial charge < -0.3 is 193 Å². The summed E-state index contributed by atoms with van der Waals surface area (Å²) in [4.78, 5) is 87.4. The van der Waals surface area contributed by atoms with E-state index in [-0.39, 0.29) is 64.4 Å². The first-order valence-corrected chi connectivity index (χ1v) is 41.0. The van der Waals surface area contributed by atoms with E-state index < -0.39 is 146 Å². The molecule has 16 atom stereocenters. The zero-order valence-electron chi connectivity index (χ0n) is 70.6. The first-order valence-electron chi connectivity index (χ1n) is 41.0. The van der Waals surface area contributed by atoms with E-state index >= 15 is 0 Å². The molecule has 0 aromatic rings. The van der Waals surface area contributed by atoms with Crippen molar-refractivity contribution in [1.29, 1.82) is 0 Å². The second-order valence-electron chi connectivity index (χ2n) is 26.9. The summed E-state index contributed by atoms with van der Waals surface area (Å²) >= 11 is 0. The van der Waals surface area contributed by atoms with Crippen LogP contribution in [0.4, 0.5) is 0 Å². The zero-order chi connectivity index (χ0) is 88.7. The summed E-state index contributed by atoms with van der Waals surface area (Å²) in [6.45, 7) is 20.3. The van der Waals surface area contributed by atoms with E-state index in [2.05, 4.69) is 26.6 Å². The summed E-state index contributed by atoms with van der Waals surface area (Å²) in [5.41, 5.74) is 11.0. The molecule has 0 aromatic heterocycles. The van der Waals surface area contributed by atoms with Crippen LogP contribution in [0.15, 0.2) is 0 Å². The van der Waals surface area contributed by atoms with E-state index in [1.807, 2.05) is 0 Å². The van der Waals surface area contributed by atoms with E-state index in [1.165, 1.54) is 27.7 Å². The molecule has 121 heavy (non-hydrogen) atoms. The Morgan fingerprint density at radius 2 is 0.562 bits per heavy atom. The molecule has 2 saturated heterocycles. The molecule has 2 heterocycles. The van der Waals surface area contributed by atoms with Gasteiger partial charge in [-0.15, -0.1) is 0 Å². The third-order valence-corrected chi connectivity index (χ3v) is 17.4. The Hall–Kier alpha value is -4.83. The first-order chi connectivity index (χ1) is 58.5. The first kappa shape index (κ1) is 112. The van der Waals surface area contributed by atoms with Crippen molar-refractivity contribution in [2.24, 2.45) is 11.5 Å². The van der Waals surface area contributed by atoms with Gasteiger partial charge in [0.2, 0.25) is 35.4 Å². The fourth-order valence-corrected chi connectivity index (χ4v) is 10.5. The molecule has 17 N–H and O–H groups in total. The number of aliphatic hydroxyl groups excluding tert-OH is 8. The van der Waals surface area contributed by atoms with Gasteiger partial charge in [-0.3, -0.25) is 33.6 Å². The summed E-state index contributed by atoms with van der Waals surface area (Å²) in [6, 6.07) is -4.24. The number of carbonyl (C=O) groups is 7.